The second kappa shape index (κ2) is 8.14. The highest BCUT2D eigenvalue weighted by molar-refractivity contribution is 7.89. The van der Waals surface area contributed by atoms with Crippen molar-refractivity contribution in [3.8, 4) is 5.75 Å². The summed E-state index contributed by atoms with van der Waals surface area (Å²) in [5.74, 6) is -1.12. The first kappa shape index (κ1) is 20.7. The van der Waals surface area contributed by atoms with Crippen molar-refractivity contribution in [1.82, 2.24) is 4.72 Å². The number of carbonyl (C=O) groups is 1. The van der Waals surface area contributed by atoms with Gasteiger partial charge in [-0.05, 0) is 61.9 Å². The fraction of sp³-hybridized carbons (Fsp3) is 0.200. The molecule has 2 aromatic carbocycles. The molecule has 2 aromatic rings. The number of ether oxygens (including phenoxy) is 2. The molecular weight excluding hydrogens is 399 g/mol. The van der Waals surface area contributed by atoms with E-state index in [2.05, 4.69) is 9.71 Å². The number of nitrogens with one attached hydrogen (secondary N) is 1. The Hall–Kier alpha value is -3.04. The molecule has 1 N–H and O–H groups in total. The van der Waals surface area contributed by atoms with E-state index in [0.717, 1.165) is 0 Å². The summed E-state index contributed by atoms with van der Waals surface area (Å²) in [4.78, 5) is 16.3. The van der Waals surface area contributed by atoms with Crippen molar-refractivity contribution in [2.24, 2.45) is 4.99 Å². The molecule has 1 aliphatic rings. The van der Waals surface area contributed by atoms with Crippen LogP contribution in [0.2, 0.25) is 0 Å². The van der Waals surface area contributed by atoms with E-state index in [1.165, 1.54) is 49.6 Å². The normalized spacial score (nSPS) is 15.6. The summed E-state index contributed by atoms with van der Waals surface area (Å²) >= 11 is 0. The zero-order valence-corrected chi connectivity index (χ0v) is 16.8. The minimum Gasteiger partial charge on any atom is -0.494 e. The molecule has 0 unspecified atom stereocenters. The number of hydrogen-bond acceptors (Lipinski definition) is 6. The number of benzene rings is 2. The maximum absolute atomic E-state index is 13.8. The molecule has 0 bridgehead atoms. The third kappa shape index (κ3) is 4.69. The summed E-state index contributed by atoms with van der Waals surface area (Å²) in [6.45, 7) is 3.45. The highest BCUT2D eigenvalue weighted by atomic mass is 32.2. The molecule has 0 aromatic heterocycles. The Kier molecular flexibility index (Phi) is 5.81. The average molecular weight is 418 g/mol. The number of carbonyl (C=O) groups excluding carboxylic acids is 1. The Morgan fingerprint density at radius 2 is 1.86 bits per heavy atom. The minimum atomic E-state index is -3.63. The van der Waals surface area contributed by atoms with E-state index < -0.39 is 21.8 Å². The van der Waals surface area contributed by atoms with Crippen molar-refractivity contribution < 1.29 is 27.1 Å². The second-order valence-corrected chi connectivity index (χ2v) is 8.24. The van der Waals surface area contributed by atoms with E-state index >= 15 is 0 Å². The lowest BCUT2D eigenvalue weighted by Gasteiger charge is -2.09. The molecule has 29 heavy (non-hydrogen) atoms. The summed E-state index contributed by atoms with van der Waals surface area (Å²) < 4.78 is 50.7. The maximum Gasteiger partial charge on any atom is 0.363 e. The first-order chi connectivity index (χ1) is 13.7. The van der Waals surface area contributed by atoms with Crippen molar-refractivity contribution in [3.63, 3.8) is 0 Å². The van der Waals surface area contributed by atoms with Gasteiger partial charge in [-0.2, -0.15) is 0 Å². The summed E-state index contributed by atoms with van der Waals surface area (Å²) in [6.07, 6.45) is 1.39. The van der Waals surface area contributed by atoms with Crippen LogP contribution in [0.15, 0.2) is 58.0 Å². The lowest BCUT2D eigenvalue weighted by molar-refractivity contribution is -0.129. The molecule has 7 nitrogen and oxygen atoms in total. The molecule has 0 radical (unpaired) electrons. The molecule has 0 saturated heterocycles. The third-order valence-electron chi connectivity index (χ3n) is 3.90. The third-order valence-corrected chi connectivity index (χ3v) is 5.58. The second-order valence-electron chi connectivity index (χ2n) is 6.53. The standard InChI is InChI=1S/C20H19FN2O5S/c1-12(2)23-29(25,26)15-7-5-14(6-8-15)19-22-17(20(24)28-19)11-13-4-9-18(27-3)16(21)10-13/h4-12,23H,1-3H3/b17-11-. The Morgan fingerprint density at radius 3 is 2.45 bits per heavy atom. The number of aliphatic imine (C=N–C) groups is 1. The molecule has 152 valence electrons. The van der Waals surface area contributed by atoms with E-state index in [9.17, 15) is 17.6 Å². The van der Waals surface area contributed by atoms with Gasteiger partial charge in [-0.15, -0.1) is 0 Å². The van der Waals surface area contributed by atoms with Crippen LogP contribution in [0.5, 0.6) is 5.75 Å². The van der Waals surface area contributed by atoms with Crippen LogP contribution in [-0.4, -0.2) is 33.4 Å². The van der Waals surface area contributed by atoms with Crippen LogP contribution in [0, 0.1) is 5.82 Å². The van der Waals surface area contributed by atoms with E-state index in [-0.39, 0.29) is 28.3 Å². The maximum atomic E-state index is 13.8. The monoisotopic (exact) mass is 418 g/mol. The minimum absolute atomic E-state index is 0.00254. The van der Waals surface area contributed by atoms with Gasteiger partial charge in [0.2, 0.25) is 15.9 Å². The zero-order valence-electron chi connectivity index (χ0n) is 16.0. The van der Waals surface area contributed by atoms with E-state index in [0.29, 0.717) is 11.1 Å². The summed E-state index contributed by atoms with van der Waals surface area (Å²) in [5.41, 5.74) is 0.857. The van der Waals surface area contributed by atoms with Gasteiger partial charge in [0.05, 0.1) is 12.0 Å². The molecular formula is C20H19FN2O5S. The molecule has 0 atom stereocenters. The van der Waals surface area contributed by atoms with Gasteiger partial charge in [-0.25, -0.2) is 27.3 Å². The predicted octanol–water partition coefficient (Wildman–Crippen LogP) is 2.87. The number of hydrogen-bond donors (Lipinski definition) is 1. The molecule has 0 amide bonds. The fourth-order valence-electron chi connectivity index (χ4n) is 2.62. The van der Waals surface area contributed by atoms with Gasteiger partial charge >= 0.3 is 5.97 Å². The van der Waals surface area contributed by atoms with Crippen molar-refractivity contribution in [2.45, 2.75) is 24.8 Å². The van der Waals surface area contributed by atoms with E-state index in [1.807, 2.05) is 0 Å². The Balaban J connectivity index is 1.85. The molecule has 9 heteroatoms. The van der Waals surface area contributed by atoms with Crippen LogP contribution in [-0.2, 0) is 19.6 Å². The lowest BCUT2D eigenvalue weighted by Crippen LogP contribution is -2.30. The fourth-order valence-corrected chi connectivity index (χ4v) is 3.87. The SMILES string of the molecule is COc1ccc(/C=C2\N=C(c3ccc(S(=O)(=O)NC(C)C)cc3)OC2=O)cc1F. The average Bonchev–Trinajstić information content (AvgIpc) is 3.01. The lowest BCUT2D eigenvalue weighted by atomic mass is 10.2. The number of cyclic esters (lactones) is 1. The summed E-state index contributed by atoms with van der Waals surface area (Å²) in [7, 11) is -2.27. The number of nitrogens with zero attached hydrogens (tertiary/aromatic N) is 1. The molecule has 0 saturated carbocycles. The van der Waals surface area contributed by atoms with Crippen LogP contribution in [0.1, 0.15) is 25.0 Å². The van der Waals surface area contributed by atoms with Gasteiger partial charge in [-0.3, -0.25) is 0 Å². The van der Waals surface area contributed by atoms with Crippen LogP contribution in [0.4, 0.5) is 4.39 Å². The van der Waals surface area contributed by atoms with Crippen LogP contribution in [0.25, 0.3) is 6.08 Å². The van der Waals surface area contributed by atoms with Crippen LogP contribution in [0.3, 0.4) is 0 Å². The molecule has 0 fully saturated rings. The van der Waals surface area contributed by atoms with E-state index in [4.69, 9.17) is 9.47 Å². The van der Waals surface area contributed by atoms with Gasteiger partial charge in [0, 0.05) is 11.6 Å². The molecule has 3 rings (SSSR count). The number of methoxy groups -OCH3 is 1. The number of esters is 1. The molecule has 1 heterocycles. The van der Waals surface area contributed by atoms with Crippen molar-refractivity contribution in [1.29, 1.82) is 0 Å². The van der Waals surface area contributed by atoms with Gasteiger partial charge in [0.1, 0.15) is 0 Å². The highest BCUT2D eigenvalue weighted by Crippen LogP contribution is 2.23. The zero-order chi connectivity index (χ0) is 21.2. The first-order valence-electron chi connectivity index (χ1n) is 8.68. The Morgan fingerprint density at radius 1 is 1.17 bits per heavy atom. The Labute approximate surface area is 167 Å². The quantitative estimate of drug-likeness (QED) is 0.575. The van der Waals surface area contributed by atoms with Gasteiger partial charge in [0.25, 0.3) is 0 Å². The van der Waals surface area contributed by atoms with Gasteiger partial charge in [-0.1, -0.05) is 6.07 Å². The Bertz CT molecular complexity index is 1110. The largest absolute Gasteiger partial charge is 0.494 e. The van der Waals surface area contributed by atoms with Crippen LogP contribution >= 0.6 is 0 Å². The van der Waals surface area contributed by atoms with Crippen molar-refractivity contribution in [3.05, 3.63) is 65.1 Å². The number of rotatable bonds is 6. The molecule has 1 aliphatic heterocycles. The van der Waals surface area contributed by atoms with Gasteiger partial charge in [0.15, 0.2) is 17.3 Å². The van der Waals surface area contributed by atoms with Crippen molar-refractivity contribution in [2.75, 3.05) is 7.11 Å². The number of halogens is 1. The predicted molar refractivity (Wildman–Crippen MR) is 105 cm³/mol. The van der Waals surface area contributed by atoms with E-state index in [1.54, 1.807) is 19.9 Å². The highest BCUT2D eigenvalue weighted by Gasteiger charge is 2.25. The summed E-state index contributed by atoms with van der Waals surface area (Å²) in [6, 6.07) is 9.79. The number of sulfonamides is 1. The molecule has 0 aliphatic carbocycles. The van der Waals surface area contributed by atoms with Crippen LogP contribution < -0.4 is 9.46 Å². The first-order valence-corrected chi connectivity index (χ1v) is 10.2. The van der Waals surface area contributed by atoms with Gasteiger partial charge < -0.3 is 9.47 Å². The molecule has 0 spiro atoms. The topological polar surface area (TPSA) is 94.1 Å². The van der Waals surface area contributed by atoms with Crippen molar-refractivity contribution >= 4 is 28.0 Å². The smallest absolute Gasteiger partial charge is 0.363 e. The summed E-state index contributed by atoms with van der Waals surface area (Å²) in [5, 5.41) is 0.